The molecule has 1 amide bonds. The number of nitrogens with zero attached hydrogens (tertiary/aromatic N) is 4. The molecular weight excluding hydrogens is 586 g/mol. The topological polar surface area (TPSA) is 138 Å². The standard InChI is InChI=1S/C26H26BrN7O4S/c1-36-20-10-11-21(23(13-20)37-2)30-24(35)16-39-26-33-32-25(34(26)28)31-29-14-18-7-3-4-9-22(18)38-15-17-6-5-8-19(27)12-17/h3-14H,15-16,28H2,1-2H3,(H,30,35)(H,31,32)/b29-14+. The van der Waals surface area contributed by atoms with Crippen LogP contribution in [0.2, 0.25) is 0 Å². The monoisotopic (exact) mass is 611 g/mol. The molecule has 0 aliphatic rings. The Morgan fingerprint density at radius 2 is 1.92 bits per heavy atom. The number of nitrogens with two attached hydrogens (primary N) is 1. The molecule has 0 aliphatic carbocycles. The summed E-state index contributed by atoms with van der Waals surface area (Å²) in [4.78, 5) is 12.5. The SMILES string of the molecule is COc1ccc(NC(=O)CSc2nnc(N/N=C/c3ccccc3OCc3cccc(Br)c3)n2N)c(OC)c1. The first-order chi connectivity index (χ1) is 19.0. The van der Waals surface area contributed by atoms with Crippen LogP contribution in [0.3, 0.4) is 0 Å². The van der Waals surface area contributed by atoms with Crippen LogP contribution in [0.15, 0.2) is 81.5 Å². The number of ether oxygens (including phenoxy) is 3. The third-order valence-electron chi connectivity index (χ3n) is 5.25. The zero-order valence-corrected chi connectivity index (χ0v) is 23.5. The van der Waals surface area contributed by atoms with Crippen LogP contribution in [0.4, 0.5) is 11.6 Å². The predicted octanol–water partition coefficient (Wildman–Crippen LogP) is 4.53. The van der Waals surface area contributed by atoms with Gasteiger partial charge in [0.05, 0.1) is 31.9 Å². The second-order valence-corrected chi connectivity index (χ2v) is 9.76. The summed E-state index contributed by atoms with van der Waals surface area (Å²) in [6, 6.07) is 20.6. The smallest absolute Gasteiger partial charge is 0.264 e. The molecule has 13 heteroatoms. The number of hydrazone groups is 1. The summed E-state index contributed by atoms with van der Waals surface area (Å²) in [5.41, 5.74) is 5.10. The minimum absolute atomic E-state index is 0.0521. The lowest BCUT2D eigenvalue weighted by Crippen LogP contribution is -2.17. The lowest BCUT2D eigenvalue weighted by Gasteiger charge is -2.11. The third kappa shape index (κ3) is 7.65. The minimum Gasteiger partial charge on any atom is -0.497 e. The Morgan fingerprint density at radius 3 is 2.72 bits per heavy atom. The Balaban J connectivity index is 1.32. The molecule has 11 nitrogen and oxygen atoms in total. The van der Waals surface area contributed by atoms with Gasteiger partial charge in [-0.15, -0.1) is 10.2 Å². The van der Waals surface area contributed by atoms with E-state index >= 15 is 0 Å². The van der Waals surface area contributed by atoms with E-state index in [1.807, 2.05) is 48.5 Å². The Morgan fingerprint density at radius 1 is 1.08 bits per heavy atom. The van der Waals surface area contributed by atoms with Crippen molar-refractivity contribution < 1.29 is 19.0 Å². The number of hydrogen-bond donors (Lipinski definition) is 3. The van der Waals surface area contributed by atoms with Gasteiger partial charge < -0.3 is 25.4 Å². The quantitative estimate of drug-likeness (QED) is 0.0912. The van der Waals surface area contributed by atoms with Gasteiger partial charge in [-0.25, -0.2) is 10.1 Å². The van der Waals surface area contributed by atoms with Gasteiger partial charge in [-0.3, -0.25) is 4.79 Å². The van der Waals surface area contributed by atoms with E-state index in [-0.39, 0.29) is 17.6 Å². The van der Waals surface area contributed by atoms with Crippen LogP contribution in [-0.2, 0) is 11.4 Å². The highest BCUT2D eigenvalue weighted by Crippen LogP contribution is 2.29. The van der Waals surface area contributed by atoms with E-state index in [1.54, 1.807) is 31.5 Å². The van der Waals surface area contributed by atoms with E-state index in [0.717, 1.165) is 27.4 Å². The number of thioether (sulfide) groups is 1. The molecule has 0 unspecified atom stereocenters. The summed E-state index contributed by atoms with van der Waals surface area (Å²) in [5.74, 6) is 7.87. The first-order valence-electron chi connectivity index (χ1n) is 11.6. The largest absolute Gasteiger partial charge is 0.497 e. The Bertz CT molecular complexity index is 1460. The normalized spacial score (nSPS) is 10.8. The van der Waals surface area contributed by atoms with Crippen LogP contribution < -0.4 is 30.8 Å². The van der Waals surface area contributed by atoms with Crippen molar-refractivity contribution in [3.63, 3.8) is 0 Å². The molecule has 39 heavy (non-hydrogen) atoms. The maximum Gasteiger partial charge on any atom is 0.264 e. The molecule has 1 aromatic heterocycles. The van der Waals surface area contributed by atoms with Crippen LogP contribution in [0.25, 0.3) is 0 Å². The summed E-state index contributed by atoms with van der Waals surface area (Å²) >= 11 is 4.59. The van der Waals surface area contributed by atoms with Crippen molar-refractivity contribution in [1.82, 2.24) is 14.9 Å². The molecule has 4 aromatic rings. The number of carbonyl (C=O) groups excluding carboxylic acids is 1. The molecular formula is C26H26BrN7O4S. The Labute approximate surface area is 237 Å². The zero-order valence-electron chi connectivity index (χ0n) is 21.1. The first kappa shape index (κ1) is 27.8. The maximum absolute atomic E-state index is 12.5. The van der Waals surface area contributed by atoms with Crippen molar-refractivity contribution in [2.45, 2.75) is 11.8 Å². The number of amides is 1. The number of nitrogen functional groups attached to an aromatic ring is 1. The summed E-state index contributed by atoms with van der Waals surface area (Å²) in [6.45, 7) is 0.411. The fourth-order valence-electron chi connectivity index (χ4n) is 3.34. The van der Waals surface area contributed by atoms with E-state index in [2.05, 4.69) is 42.0 Å². The summed E-state index contributed by atoms with van der Waals surface area (Å²) in [7, 11) is 3.07. The fourth-order valence-corrected chi connectivity index (χ4v) is 4.44. The van der Waals surface area contributed by atoms with Gasteiger partial charge in [0.1, 0.15) is 23.9 Å². The van der Waals surface area contributed by atoms with Gasteiger partial charge in [-0.1, -0.05) is 52.0 Å². The van der Waals surface area contributed by atoms with Gasteiger partial charge in [0, 0.05) is 16.1 Å². The van der Waals surface area contributed by atoms with Crippen molar-refractivity contribution in [1.29, 1.82) is 0 Å². The highest BCUT2D eigenvalue weighted by atomic mass is 79.9. The second kappa shape index (κ2) is 13.5. The van der Waals surface area contributed by atoms with Crippen molar-refractivity contribution in [2.24, 2.45) is 5.10 Å². The van der Waals surface area contributed by atoms with Crippen LogP contribution in [0, 0.1) is 0 Å². The van der Waals surface area contributed by atoms with Gasteiger partial charge in [0.15, 0.2) is 0 Å². The molecule has 0 bridgehead atoms. The lowest BCUT2D eigenvalue weighted by molar-refractivity contribution is -0.113. The van der Waals surface area contributed by atoms with Crippen molar-refractivity contribution in [2.75, 3.05) is 36.6 Å². The summed E-state index contributed by atoms with van der Waals surface area (Å²) in [5, 5.41) is 15.4. The number of para-hydroxylation sites is 1. The average molecular weight is 613 g/mol. The van der Waals surface area contributed by atoms with Gasteiger partial charge in [-0.05, 0) is 42.0 Å². The molecule has 4 N–H and O–H groups in total. The molecule has 0 aliphatic heterocycles. The van der Waals surface area contributed by atoms with Crippen molar-refractivity contribution >= 4 is 51.4 Å². The number of aromatic nitrogens is 3. The van der Waals surface area contributed by atoms with Crippen molar-refractivity contribution in [3.8, 4) is 17.2 Å². The predicted molar refractivity (Wildman–Crippen MR) is 155 cm³/mol. The van der Waals surface area contributed by atoms with Crippen LogP contribution >= 0.6 is 27.7 Å². The number of anilines is 2. The van der Waals surface area contributed by atoms with Gasteiger partial charge in [0.25, 0.3) is 5.95 Å². The molecule has 0 spiro atoms. The van der Waals surface area contributed by atoms with Gasteiger partial charge in [-0.2, -0.15) is 5.10 Å². The Hall–Kier alpha value is -4.23. The van der Waals surface area contributed by atoms with E-state index in [1.165, 1.54) is 11.8 Å². The van der Waals surface area contributed by atoms with Crippen molar-refractivity contribution in [3.05, 3.63) is 82.3 Å². The zero-order chi connectivity index (χ0) is 27.6. The van der Waals surface area contributed by atoms with E-state index < -0.39 is 0 Å². The Kier molecular flexibility index (Phi) is 9.64. The summed E-state index contributed by atoms with van der Waals surface area (Å²) in [6.07, 6.45) is 1.60. The second-order valence-electron chi connectivity index (χ2n) is 7.91. The third-order valence-corrected chi connectivity index (χ3v) is 6.69. The minimum atomic E-state index is -0.265. The molecule has 1 heterocycles. The molecule has 0 fully saturated rings. The lowest BCUT2D eigenvalue weighted by atomic mass is 10.2. The van der Waals surface area contributed by atoms with Gasteiger partial charge >= 0.3 is 0 Å². The highest BCUT2D eigenvalue weighted by molar-refractivity contribution is 9.10. The molecule has 3 aromatic carbocycles. The van der Waals surface area contributed by atoms with Crippen LogP contribution in [-0.4, -0.2) is 47.0 Å². The van der Waals surface area contributed by atoms with Gasteiger partial charge in [0.2, 0.25) is 11.1 Å². The summed E-state index contributed by atoms with van der Waals surface area (Å²) < 4.78 is 18.7. The molecule has 0 atom stereocenters. The number of halogens is 1. The molecule has 0 radical (unpaired) electrons. The fraction of sp³-hybridized carbons (Fsp3) is 0.154. The van der Waals surface area contributed by atoms with E-state index in [9.17, 15) is 4.79 Å². The van der Waals surface area contributed by atoms with Crippen LogP contribution in [0.1, 0.15) is 11.1 Å². The molecule has 0 saturated heterocycles. The number of benzene rings is 3. The highest BCUT2D eigenvalue weighted by Gasteiger charge is 2.14. The van der Waals surface area contributed by atoms with Crippen LogP contribution in [0.5, 0.6) is 17.2 Å². The number of nitrogens with one attached hydrogen (secondary N) is 2. The number of rotatable bonds is 12. The molecule has 4 rings (SSSR count). The average Bonchev–Trinajstić information content (AvgIpc) is 3.30. The number of methoxy groups -OCH3 is 2. The number of hydrogen-bond acceptors (Lipinski definition) is 10. The maximum atomic E-state index is 12.5. The van der Waals surface area contributed by atoms with E-state index in [0.29, 0.717) is 34.7 Å². The number of carbonyl (C=O) groups is 1. The molecule has 0 saturated carbocycles. The first-order valence-corrected chi connectivity index (χ1v) is 13.3. The molecule has 202 valence electrons. The van der Waals surface area contributed by atoms with E-state index in [4.69, 9.17) is 20.1 Å².